The van der Waals surface area contributed by atoms with Crippen molar-refractivity contribution in [2.45, 2.75) is 46.2 Å². The van der Waals surface area contributed by atoms with Crippen molar-refractivity contribution in [3.05, 3.63) is 107 Å². The van der Waals surface area contributed by atoms with E-state index in [2.05, 4.69) is 76.5 Å². The van der Waals surface area contributed by atoms with Crippen molar-refractivity contribution in [1.29, 1.82) is 0 Å². The molecule has 0 unspecified atom stereocenters. The average Bonchev–Trinajstić information content (AvgIpc) is 3.39. The van der Waals surface area contributed by atoms with Crippen molar-refractivity contribution >= 4 is 38.7 Å². The highest BCUT2D eigenvalue weighted by molar-refractivity contribution is 7.92. The van der Waals surface area contributed by atoms with Gasteiger partial charge in [-0.2, -0.15) is 0 Å². The maximum absolute atomic E-state index is 11.7. The van der Waals surface area contributed by atoms with Gasteiger partial charge < -0.3 is 14.8 Å². The second-order valence-corrected chi connectivity index (χ2v) is 12.2. The molecule has 2 aromatic heterocycles. The average molecular weight is 560 g/mol. The smallest absolute Gasteiger partial charge is 0.229 e. The molecule has 2 N–H and O–H groups in total. The number of nitrogens with zero attached hydrogens (tertiary/aromatic N) is 3. The number of anilines is 2. The molecule has 0 spiro atoms. The number of sulfonamides is 1. The monoisotopic (exact) mass is 559 g/mol. The first-order valence-electron chi connectivity index (χ1n) is 12.9. The molecule has 7 nitrogen and oxygen atoms in total. The Kier molecular flexibility index (Phi) is 7.22. The van der Waals surface area contributed by atoms with Gasteiger partial charge in [0.15, 0.2) is 5.11 Å². The third-order valence-corrected chi connectivity index (χ3v) is 8.18. The lowest BCUT2D eigenvalue weighted by Gasteiger charge is -2.28. The zero-order chi connectivity index (χ0) is 27.9. The summed E-state index contributed by atoms with van der Waals surface area (Å²) in [6.07, 6.45) is 3.88. The minimum Gasteiger partial charge on any atom is -0.351 e. The van der Waals surface area contributed by atoms with Crippen LogP contribution in [0, 0.1) is 20.8 Å². The Labute approximate surface area is 235 Å². The van der Waals surface area contributed by atoms with Crippen LogP contribution in [0.1, 0.15) is 52.8 Å². The molecule has 4 aromatic rings. The van der Waals surface area contributed by atoms with E-state index < -0.39 is 10.0 Å². The van der Waals surface area contributed by atoms with Crippen LogP contribution in [0.25, 0.3) is 5.69 Å². The van der Waals surface area contributed by atoms with Crippen LogP contribution in [0.3, 0.4) is 0 Å². The third kappa shape index (κ3) is 5.16. The first-order valence-corrected chi connectivity index (χ1v) is 15.2. The molecule has 5 rings (SSSR count). The van der Waals surface area contributed by atoms with E-state index in [9.17, 15) is 8.42 Å². The van der Waals surface area contributed by atoms with Gasteiger partial charge in [-0.3, -0.25) is 9.71 Å². The molecule has 2 aromatic carbocycles. The van der Waals surface area contributed by atoms with Crippen LogP contribution in [0.15, 0.2) is 72.9 Å². The number of thiocarbonyl (C=S) groups is 1. The Balaban J connectivity index is 1.66. The van der Waals surface area contributed by atoms with Crippen LogP contribution in [0.5, 0.6) is 0 Å². The van der Waals surface area contributed by atoms with Crippen molar-refractivity contribution in [1.82, 2.24) is 14.9 Å². The fourth-order valence-corrected chi connectivity index (χ4v) is 6.52. The van der Waals surface area contributed by atoms with E-state index >= 15 is 0 Å². The summed E-state index contributed by atoms with van der Waals surface area (Å²) >= 11 is 5.90. The maximum atomic E-state index is 11.7. The van der Waals surface area contributed by atoms with Crippen LogP contribution >= 0.6 is 12.2 Å². The quantitative estimate of drug-likeness (QED) is 0.274. The number of hydrogen-bond donors (Lipinski definition) is 2. The second kappa shape index (κ2) is 10.5. The van der Waals surface area contributed by atoms with Gasteiger partial charge in [0.2, 0.25) is 10.0 Å². The van der Waals surface area contributed by atoms with E-state index in [1.807, 2.05) is 30.3 Å². The van der Waals surface area contributed by atoms with E-state index in [1.165, 1.54) is 16.8 Å². The van der Waals surface area contributed by atoms with Gasteiger partial charge in [0, 0.05) is 29.0 Å². The number of nitrogens with one attached hydrogen (secondary N) is 2. The van der Waals surface area contributed by atoms with Gasteiger partial charge >= 0.3 is 0 Å². The molecule has 3 heterocycles. The fraction of sp³-hybridized carbons (Fsp3) is 0.267. The molecule has 2 atom stereocenters. The minimum absolute atomic E-state index is 0.171. The van der Waals surface area contributed by atoms with Gasteiger partial charge in [-0.05, 0) is 98.6 Å². The molecule has 1 fully saturated rings. The topological polar surface area (TPSA) is 79.3 Å². The first-order chi connectivity index (χ1) is 18.6. The summed E-state index contributed by atoms with van der Waals surface area (Å²) in [4.78, 5) is 6.79. The normalized spacial score (nSPS) is 17.4. The van der Waals surface area contributed by atoms with Crippen LogP contribution < -0.4 is 14.9 Å². The van der Waals surface area contributed by atoms with E-state index in [4.69, 9.17) is 12.2 Å². The lowest BCUT2D eigenvalue weighted by molar-refractivity contribution is 0.565. The first kappa shape index (κ1) is 26.9. The largest absolute Gasteiger partial charge is 0.351 e. The molecule has 9 heteroatoms. The molecule has 202 valence electrons. The van der Waals surface area contributed by atoms with Crippen molar-refractivity contribution < 1.29 is 8.42 Å². The highest BCUT2D eigenvalue weighted by atomic mass is 32.2. The van der Waals surface area contributed by atoms with Gasteiger partial charge in [-0.1, -0.05) is 31.2 Å². The predicted molar refractivity (Wildman–Crippen MR) is 162 cm³/mol. The van der Waals surface area contributed by atoms with Gasteiger partial charge in [-0.25, -0.2) is 8.42 Å². The van der Waals surface area contributed by atoms with E-state index in [0.717, 1.165) is 41.0 Å². The maximum Gasteiger partial charge on any atom is 0.229 e. The number of aryl methyl sites for hydroxylation is 3. The SMILES string of the molecule is CCc1cccc(C)c1-n1c(C)cc([C@@H]2[C@H](c3ccccn3)NC(=S)N2c2ccc(NS(C)(=O)=O)cc2)c1C. The number of rotatable bonds is 7. The molecule has 39 heavy (non-hydrogen) atoms. The second-order valence-electron chi connectivity index (χ2n) is 10.0. The van der Waals surface area contributed by atoms with Gasteiger partial charge in [0.1, 0.15) is 0 Å². The Hall–Kier alpha value is -3.69. The lowest BCUT2D eigenvalue weighted by Crippen LogP contribution is -2.29. The van der Waals surface area contributed by atoms with E-state index in [0.29, 0.717) is 10.8 Å². The Morgan fingerprint density at radius 2 is 1.77 bits per heavy atom. The van der Waals surface area contributed by atoms with Crippen molar-refractivity contribution in [2.75, 3.05) is 15.9 Å². The molecule has 1 saturated heterocycles. The number of pyridine rings is 1. The van der Waals surface area contributed by atoms with Crippen LogP contribution in [-0.2, 0) is 16.4 Å². The molecule has 1 aliphatic rings. The number of hydrogen-bond acceptors (Lipinski definition) is 4. The Bertz CT molecular complexity index is 1630. The zero-order valence-corrected chi connectivity index (χ0v) is 24.4. The predicted octanol–water partition coefficient (Wildman–Crippen LogP) is 5.91. The van der Waals surface area contributed by atoms with Crippen LogP contribution in [-0.4, -0.2) is 29.3 Å². The summed E-state index contributed by atoms with van der Waals surface area (Å²) < 4.78 is 28.3. The van der Waals surface area contributed by atoms with Gasteiger partial charge in [-0.15, -0.1) is 0 Å². The van der Waals surface area contributed by atoms with Gasteiger partial charge in [0.05, 0.1) is 29.7 Å². The van der Waals surface area contributed by atoms with Gasteiger partial charge in [0.25, 0.3) is 0 Å². The number of para-hydroxylation sites is 1. The standard InChI is InChI=1S/C30H33N5O2S2/c1-6-22-11-9-10-19(2)28(22)34-20(3)18-25(21(34)4)29-27(26-12-7-8-17-31-26)32-30(38)35(29)24-15-13-23(14-16-24)33-39(5,36)37/h7-18,27,29,33H,6H2,1-5H3,(H,32,38)/t27-,29+/m0/s1. The summed E-state index contributed by atoms with van der Waals surface area (Å²) in [5.41, 5.74) is 9.48. The Morgan fingerprint density at radius 1 is 1.03 bits per heavy atom. The summed E-state index contributed by atoms with van der Waals surface area (Å²) in [5.74, 6) is 0. The molecule has 0 amide bonds. The lowest BCUT2D eigenvalue weighted by atomic mass is 9.96. The Morgan fingerprint density at radius 3 is 2.41 bits per heavy atom. The molecule has 1 aliphatic heterocycles. The highest BCUT2D eigenvalue weighted by Crippen LogP contribution is 2.44. The minimum atomic E-state index is -3.37. The van der Waals surface area contributed by atoms with Crippen LogP contribution in [0.4, 0.5) is 11.4 Å². The zero-order valence-electron chi connectivity index (χ0n) is 22.8. The van der Waals surface area contributed by atoms with Crippen LogP contribution in [0.2, 0.25) is 0 Å². The number of benzene rings is 2. The number of aromatic nitrogens is 2. The molecular weight excluding hydrogens is 526 g/mol. The fourth-order valence-electron chi connectivity index (χ4n) is 5.61. The van der Waals surface area contributed by atoms with Crippen molar-refractivity contribution in [3.63, 3.8) is 0 Å². The van der Waals surface area contributed by atoms with E-state index in [-0.39, 0.29) is 12.1 Å². The van der Waals surface area contributed by atoms with Crippen molar-refractivity contribution in [3.8, 4) is 5.69 Å². The summed E-state index contributed by atoms with van der Waals surface area (Å²) in [5, 5.41) is 4.12. The third-order valence-electron chi connectivity index (χ3n) is 7.26. The molecule has 0 radical (unpaired) electrons. The molecule has 0 bridgehead atoms. The van der Waals surface area contributed by atoms with Crippen molar-refractivity contribution in [2.24, 2.45) is 0 Å². The van der Waals surface area contributed by atoms with E-state index in [1.54, 1.807) is 18.3 Å². The summed E-state index contributed by atoms with van der Waals surface area (Å²) in [6.45, 7) is 8.67. The molecular formula is C30H33N5O2S2. The summed E-state index contributed by atoms with van der Waals surface area (Å²) in [6, 6.07) is 21.6. The molecule has 0 aliphatic carbocycles. The summed E-state index contributed by atoms with van der Waals surface area (Å²) in [7, 11) is -3.37. The molecule has 0 saturated carbocycles. The highest BCUT2D eigenvalue weighted by Gasteiger charge is 2.42.